The molecule has 0 spiro atoms. The van der Waals surface area contributed by atoms with E-state index in [4.69, 9.17) is 9.84 Å². The summed E-state index contributed by atoms with van der Waals surface area (Å²) in [5.74, 6) is -0.0391. The topological polar surface area (TPSA) is 58.6 Å². The van der Waals surface area contributed by atoms with Crippen LogP contribution in [0.4, 0.5) is 0 Å². The van der Waals surface area contributed by atoms with Crippen LogP contribution in [-0.4, -0.2) is 37.4 Å². The second-order valence-electron chi connectivity index (χ2n) is 6.69. The van der Waals surface area contributed by atoms with Crippen molar-refractivity contribution in [1.82, 2.24) is 5.32 Å². The lowest BCUT2D eigenvalue weighted by Gasteiger charge is -2.06. The van der Waals surface area contributed by atoms with Gasteiger partial charge in [-0.1, -0.05) is 64.7 Å². The van der Waals surface area contributed by atoms with E-state index in [-0.39, 0.29) is 12.6 Å². The molecule has 0 atom stereocenters. The van der Waals surface area contributed by atoms with Gasteiger partial charge in [0.2, 0.25) is 0 Å². The van der Waals surface area contributed by atoms with E-state index < -0.39 is 0 Å². The molecule has 0 bridgehead atoms. The van der Waals surface area contributed by atoms with Crippen molar-refractivity contribution in [3.8, 4) is 0 Å². The largest absolute Gasteiger partial charge is 0.466 e. The number of carbonyl (C=O) groups excluding carboxylic acids is 1. The van der Waals surface area contributed by atoms with Gasteiger partial charge in [-0.15, -0.1) is 0 Å². The van der Waals surface area contributed by atoms with E-state index >= 15 is 0 Å². The Hall–Kier alpha value is -0.610. The maximum absolute atomic E-state index is 11.6. The van der Waals surface area contributed by atoms with E-state index in [0.29, 0.717) is 13.0 Å². The van der Waals surface area contributed by atoms with Gasteiger partial charge >= 0.3 is 5.97 Å². The van der Waals surface area contributed by atoms with Crippen LogP contribution >= 0.6 is 0 Å². The number of aliphatic hydroxyl groups is 1. The lowest BCUT2D eigenvalue weighted by atomic mass is 10.1. The maximum Gasteiger partial charge on any atom is 0.305 e. The zero-order valence-electron chi connectivity index (χ0n) is 16.0. The first-order chi connectivity index (χ1) is 11.8. The Balaban J connectivity index is 3.13. The van der Waals surface area contributed by atoms with Crippen LogP contribution in [0.3, 0.4) is 0 Å². The Morgan fingerprint density at radius 3 is 2.04 bits per heavy atom. The molecule has 0 radical (unpaired) electrons. The zero-order chi connectivity index (χ0) is 17.7. The monoisotopic (exact) mass is 343 g/mol. The molecule has 144 valence electrons. The van der Waals surface area contributed by atoms with Gasteiger partial charge in [0.15, 0.2) is 0 Å². The molecule has 0 fully saturated rings. The minimum absolute atomic E-state index is 0.0391. The smallest absolute Gasteiger partial charge is 0.305 e. The highest BCUT2D eigenvalue weighted by molar-refractivity contribution is 5.69. The van der Waals surface area contributed by atoms with Crippen LogP contribution < -0.4 is 5.32 Å². The van der Waals surface area contributed by atoms with E-state index in [1.165, 1.54) is 51.4 Å². The highest BCUT2D eigenvalue weighted by atomic mass is 16.5. The molecule has 0 aromatic rings. The van der Waals surface area contributed by atoms with Gasteiger partial charge in [0.25, 0.3) is 0 Å². The number of hydrogen-bond donors (Lipinski definition) is 2. The van der Waals surface area contributed by atoms with Gasteiger partial charge in [-0.2, -0.15) is 0 Å². The van der Waals surface area contributed by atoms with E-state index in [0.717, 1.165) is 45.2 Å². The SMILES string of the molecule is CCCCCCCCCCCOC(=O)CCCCCNCCCO. The Bertz CT molecular complexity index is 259. The molecule has 0 rings (SSSR count). The van der Waals surface area contributed by atoms with Crippen LogP contribution in [0, 0.1) is 0 Å². The zero-order valence-corrected chi connectivity index (χ0v) is 16.0. The fraction of sp³-hybridized carbons (Fsp3) is 0.950. The minimum Gasteiger partial charge on any atom is -0.466 e. The first-order valence-electron chi connectivity index (χ1n) is 10.3. The van der Waals surface area contributed by atoms with Gasteiger partial charge < -0.3 is 15.2 Å². The van der Waals surface area contributed by atoms with Crippen LogP contribution in [0.1, 0.15) is 96.8 Å². The molecule has 0 saturated carbocycles. The minimum atomic E-state index is -0.0391. The molecular formula is C20H41NO3. The third kappa shape index (κ3) is 19.4. The van der Waals surface area contributed by atoms with Gasteiger partial charge in [-0.25, -0.2) is 0 Å². The molecule has 0 heterocycles. The van der Waals surface area contributed by atoms with Crippen LogP contribution in [0.5, 0.6) is 0 Å². The summed E-state index contributed by atoms with van der Waals surface area (Å²) in [4.78, 5) is 11.6. The molecule has 0 amide bonds. The third-order valence-electron chi connectivity index (χ3n) is 4.26. The molecule has 4 nitrogen and oxygen atoms in total. The Kier molecular flexibility index (Phi) is 19.9. The second-order valence-corrected chi connectivity index (χ2v) is 6.69. The van der Waals surface area contributed by atoms with Crippen LogP contribution in [0.15, 0.2) is 0 Å². The average molecular weight is 344 g/mol. The molecule has 0 saturated heterocycles. The lowest BCUT2D eigenvalue weighted by molar-refractivity contribution is -0.143. The number of esters is 1. The van der Waals surface area contributed by atoms with E-state index in [1.807, 2.05) is 0 Å². The van der Waals surface area contributed by atoms with E-state index in [9.17, 15) is 4.79 Å². The second kappa shape index (κ2) is 20.4. The number of hydrogen-bond acceptors (Lipinski definition) is 4. The number of aliphatic hydroxyl groups excluding tert-OH is 1. The highest BCUT2D eigenvalue weighted by Crippen LogP contribution is 2.09. The Morgan fingerprint density at radius 1 is 0.792 bits per heavy atom. The first kappa shape index (κ1) is 23.4. The predicted octanol–water partition coefficient (Wildman–Crippen LogP) is 4.59. The lowest BCUT2D eigenvalue weighted by Crippen LogP contribution is -2.17. The number of carbonyl (C=O) groups is 1. The number of nitrogens with one attached hydrogen (secondary N) is 1. The average Bonchev–Trinajstić information content (AvgIpc) is 2.59. The van der Waals surface area contributed by atoms with Crippen LogP contribution in [0.2, 0.25) is 0 Å². The van der Waals surface area contributed by atoms with Crippen molar-refractivity contribution in [2.75, 3.05) is 26.3 Å². The quantitative estimate of drug-likeness (QED) is 0.266. The van der Waals surface area contributed by atoms with Gasteiger partial charge in [-0.3, -0.25) is 4.79 Å². The van der Waals surface area contributed by atoms with E-state index in [1.54, 1.807) is 0 Å². The molecule has 2 N–H and O–H groups in total. The highest BCUT2D eigenvalue weighted by Gasteiger charge is 2.02. The van der Waals surface area contributed by atoms with Gasteiger partial charge in [0, 0.05) is 13.0 Å². The van der Waals surface area contributed by atoms with Crippen molar-refractivity contribution in [1.29, 1.82) is 0 Å². The molecule has 4 heteroatoms. The van der Waals surface area contributed by atoms with Crippen LogP contribution in [-0.2, 0) is 9.53 Å². The molecule has 0 aliphatic carbocycles. The summed E-state index contributed by atoms with van der Waals surface area (Å²) in [5, 5.41) is 11.9. The molecule has 0 aliphatic heterocycles. The van der Waals surface area contributed by atoms with Crippen molar-refractivity contribution in [3.63, 3.8) is 0 Å². The van der Waals surface area contributed by atoms with Crippen molar-refractivity contribution in [2.45, 2.75) is 96.8 Å². The summed E-state index contributed by atoms with van der Waals surface area (Å²) in [6, 6.07) is 0. The van der Waals surface area contributed by atoms with Gasteiger partial charge in [-0.05, 0) is 38.8 Å². The Labute approximate surface area is 149 Å². The van der Waals surface area contributed by atoms with Crippen molar-refractivity contribution >= 4 is 5.97 Å². The summed E-state index contributed by atoms with van der Waals surface area (Å²) in [5.41, 5.74) is 0. The molecule has 0 unspecified atom stereocenters. The van der Waals surface area contributed by atoms with E-state index in [2.05, 4.69) is 12.2 Å². The normalized spacial score (nSPS) is 10.9. The fourth-order valence-corrected chi connectivity index (χ4v) is 2.70. The molecule has 0 aliphatic rings. The first-order valence-corrected chi connectivity index (χ1v) is 10.3. The van der Waals surface area contributed by atoms with Crippen molar-refractivity contribution in [2.24, 2.45) is 0 Å². The molecule has 24 heavy (non-hydrogen) atoms. The summed E-state index contributed by atoms with van der Waals surface area (Å²) in [6.45, 7) is 4.93. The molecule has 0 aromatic heterocycles. The fourth-order valence-electron chi connectivity index (χ4n) is 2.70. The summed E-state index contributed by atoms with van der Waals surface area (Å²) in [6.07, 6.45) is 16.0. The van der Waals surface area contributed by atoms with Gasteiger partial charge in [0.1, 0.15) is 0 Å². The number of unbranched alkanes of at least 4 members (excludes halogenated alkanes) is 10. The third-order valence-corrected chi connectivity index (χ3v) is 4.26. The predicted molar refractivity (Wildman–Crippen MR) is 101 cm³/mol. The summed E-state index contributed by atoms with van der Waals surface area (Å²) < 4.78 is 5.28. The van der Waals surface area contributed by atoms with Gasteiger partial charge in [0.05, 0.1) is 6.61 Å². The number of ether oxygens (including phenoxy) is 1. The number of rotatable bonds is 19. The van der Waals surface area contributed by atoms with Crippen molar-refractivity contribution in [3.05, 3.63) is 0 Å². The molecular weight excluding hydrogens is 302 g/mol. The maximum atomic E-state index is 11.6. The standard InChI is InChI=1S/C20H41NO3/c1-2-3-4-5-6-7-8-9-13-19-24-20(23)15-11-10-12-16-21-17-14-18-22/h21-22H,2-19H2,1H3. The van der Waals surface area contributed by atoms with Crippen LogP contribution in [0.25, 0.3) is 0 Å². The van der Waals surface area contributed by atoms with Crippen molar-refractivity contribution < 1.29 is 14.6 Å². The summed E-state index contributed by atoms with van der Waals surface area (Å²) in [7, 11) is 0. The Morgan fingerprint density at radius 2 is 1.38 bits per heavy atom. The summed E-state index contributed by atoms with van der Waals surface area (Å²) >= 11 is 0. The molecule has 0 aromatic carbocycles.